The molecule has 2 saturated heterocycles. The Labute approximate surface area is 125 Å². The first-order valence-corrected chi connectivity index (χ1v) is 8.71. The zero-order valence-electron chi connectivity index (χ0n) is 12.0. The van der Waals surface area contributed by atoms with Gasteiger partial charge in [-0.05, 0) is 56.0 Å². The van der Waals surface area contributed by atoms with Gasteiger partial charge in [-0.25, -0.2) is 8.42 Å². The van der Waals surface area contributed by atoms with Gasteiger partial charge in [0.1, 0.15) is 0 Å². The van der Waals surface area contributed by atoms with Crippen LogP contribution in [0.25, 0.3) is 0 Å². The second-order valence-corrected chi connectivity index (χ2v) is 7.69. The zero-order chi connectivity index (χ0) is 15.0. The highest BCUT2D eigenvalue weighted by Gasteiger charge is 2.41. The summed E-state index contributed by atoms with van der Waals surface area (Å²) in [5.74, 6) is 0.423. The van der Waals surface area contributed by atoms with Crippen LogP contribution in [-0.4, -0.2) is 38.4 Å². The fraction of sp³-hybridized carbons (Fsp3) is 0.533. The molecule has 0 amide bonds. The van der Waals surface area contributed by atoms with Gasteiger partial charge in [0.25, 0.3) is 0 Å². The van der Waals surface area contributed by atoms with Crippen LogP contribution in [0.4, 0.5) is 0 Å². The molecule has 5 nitrogen and oxygen atoms in total. The van der Waals surface area contributed by atoms with Crippen molar-refractivity contribution >= 4 is 10.0 Å². The number of rotatable bonds is 2. The van der Waals surface area contributed by atoms with Crippen molar-refractivity contribution in [3.05, 3.63) is 29.3 Å². The molecule has 2 aliphatic rings. The number of hydrogen-bond donors (Lipinski definition) is 1. The van der Waals surface area contributed by atoms with Gasteiger partial charge < -0.3 is 5.32 Å². The van der Waals surface area contributed by atoms with Crippen molar-refractivity contribution in [2.75, 3.05) is 19.6 Å². The molecule has 3 rings (SSSR count). The van der Waals surface area contributed by atoms with Crippen molar-refractivity contribution in [3.63, 3.8) is 0 Å². The average molecular weight is 305 g/mol. The number of hydrogen-bond acceptors (Lipinski definition) is 4. The Bertz CT molecular complexity index is 693. The number of fused-ring (bicyclic) bond motifs is 1. The summed E-state index contributed by atoms with van der Waals surface area (Å²) in [7, 11) is -3.49. The van der Waals surface area contributed by atoms with Crippen LogP contribution in [0.5, 0.6) is 0 Å². The molecule has 112 valence electrons. The van der Waals surface area contributed by atoms with E-state index in [9.17, 15) is 8.42 Å². The van der Waals surface area contributed by atoms with Crippen molar-refractivity contribution in [2.45, 2.75) is 30.7 Å². The topological polar surface area (TPSA) is 73.2 Å². The maximum Gasteiger partial charge on any atom is 0.243 e. The summed E-state index contributed by atoms with van der Waals surface area (Å²) < 4.78 is 27.6. The molecule has 6 heteroatoms. The van der Waals surface area contributed by atoms with Crippen LogP contribution >= 0.6 is 0 Å². The fourth-order valence-corrected chi connectivity index (χ4v) is 5.39. The fourth-order valence-electron chi connectivity index (χ4n) is 3.46. The highest BCUT2D eigenvalue weighted by Crippen LogP contribution is 2.32. The van der Waals surface area contributed by atoms with E-state index in [0.717, 1.165) is 25.9 Å². The Balaban J connectivity index is 1.98. The van der Waals surface area contributed by atoms with Crippen LogP contribution < -0.4 is 5.32 Å². The molecular weight excluding hydrogens is 286 g/mol. The molecule has 0 spiro atoms. The molecule has 1 aromatic rings. The van der Waals surface area contributed by atoms with Gasteiger partial charge in [0, 0.05) is 19.1 Å². The summed E-state index contributed by atoms with van der Waals surface area (Å²) in [5.41, 5.74) is 1.13. The van der Waals surface area contributed by atoms with Gasteiger partial charge in [0.2, 0.25) is 10.0 Å². The molecule has 2 unspecified atom stereocenters. The third kappa shape index (κ3) is 2.46. The minimum atomic E-state index is -3.49. The number of nitrogens with zero attached hydrogens (tertiary/aromatic N) is 2. The molecule has 1 aromatic carbocycles. The second kappa shape index (κ2) is 5.41. The molecule has 2 heterocycles. The van der Waals surface area contributed by atoms with E-state index in [1.807, 2.05) is 6.07 Å². The lowest BCUT2D eigenvalue weighted by Gasteiger charge is -2.36. The lowest BCUT2D eigenvalue weighted by Crippen LogP contribution is -2.48. The maximum atomic E-state index is 13.0. The predicted molar refractivity (Wildman–Crippen MR) is 79.2 cm³/mol. The smallest absolute Gasteiger partial charge is 0.243 e. The summed E-state index contributed by atoms with van der Waals surface area (Å²) in [5, 5.41) is 12.2. The molecular formula is C15H19N3O2S. The highest BCUT2D eigenvalue weighted by atomic mass is 32.2. The molecule has 2 atom stereocenters. The van der Waals surface area contributed by atoms with Crippen LogP contribution in [0.3, 0.4) is 0 Å². The van der Waals surface area contributed by atoms with Gasteiger partial charge in [-0.2, -0.15) is 9.57 Å². The summed E-state index contributed by atoms with van der Waals surface area (Å²) in [4.78, 5) is 0.328. The van der Waals surface area contributed by atoms with Gasteiger partial charge in [-0.3, -0.25) is 0 Å². The van der Waals surface area contributed by atoms with E-state index in [-0.39, 0.29) is 6.04 Å². The number of nitrogens with one attached hydrogen (secondary N) is 1. The van der Waals surface area contributed by atoms with E-state index >= 15 is 0 Å². The van der Waals surface area contributed by atoms with Gasteiger partial charge >= 0.3 is 0 Å². The Morgan fingerprint density at radius 2 is 2.19 bits per heavy atom. The SMILES string of the molecule is Cc1cc(C#N)ccc1S(=O)(=O)N1CCCC2CNCC21. The first-order valence-electron chi connectivity index (χ1n) is 7.27. The van der Waals surface area contributed by atoms with E-state index in [1.54, 1.807) is 29.4 Å². The average Bonchev–Trinajstić information content (AvgIpc) is 2.94. The van der Waals surface area contributed by atoms with Gasteiger partial charge in [0.05, 0.1) is 16.5 Å². The molecule has 2 aliphatic heterocycles. The zero-order valence-corrected chi connectivity index (χ0v) is 12.9. The van der Waals surface area contributed by atoms with Crippen molar-refractivity contribution in [3.8, 4) is 6.07 Å². The summed E-state index contributed by atoms with van der Waals surface area (Å²) >= 11 is 0. The van der Waals surface area contributed by atoms with Crippen LogP contribution in [-0.2, 0) is 10.0 Å². The van der Waals surface area contributed by atoms with E-state index in [0.29, 0.717) is 28.5 Å². The van der Waals surface area contributed by atoms with Crippen molar-refractivity contribution in [2.24, 2.45) is 5.92 Å². The molecule has 1 N–H and O–H groups in total. The molecule has 0 radical (unpaired) electrons. The van der Waals surface area contributed by atoms with Crippen molar-refractivity contribution < 1.29 is 8.42 Å². The first kappa shape index (κ1) is 14.5. The molecule has 0 aliphatic carbocycles. The Hall–Kier alpha value is -1.42. The van der Waals surface area contributed by atoms with Crippen LogP contribution in [0, 0.1) is 24.2 Å². The lowest BCUT2D eigenvalue weighted by molar-refractivity contribution is 0.217. The lowest BCUT2D eigenvalue weighted by atomic mass is 9.94. The Kier molecular flexibility index (Phi) is 3.74. The summed E-state index contributed by atoms with van der Waals surface area (Å²) in [6, 6.07) is 6.90. The highest BCUT2D eigenvalue weighted by molar-refractivity contribution is 7.89. The summed E-state index contributed by atoms with van der Waals surface area (Å²) in [6.07, 6.45) is 2.01. The first-order chi connectivity index (χ1) is 10.0. The van der Waals surface area contributed by atoms with Gasteiger partial charge in [0.15, 0.2) is 0 Å². The molecule has 2 fully saturated rings. The van der Waals surface area contributed by atoms with Crippen molar-refractivity contribution in [1.29, 1.82) is 5.26 Å². The molecule has 0 bridgehead atoms. The van der Waals surface area contributed by atoms with Crippen molar-refractivity contribution in [1.82, 2.24) is 9.62 Å². The number of benzene rings is 1. The normalized spacial score (nSPS) is 26.3. The van der Waals surface area contributed by atoms with Crippen LogP contribution in [0.15, 0.2) is 23.1 Å². The Morgan fingerprint density at radius 1 is 1.38 bits per heavy atom. The number of aryl methyl sites for hydroxylation is 1. The largest absolute Gasteiger partial charge is 0.315 e. The maximum absolute atomic E-state index is 13.0. The second-order valence-electron chi connectivity index (χ2n) is 5.84. The monoisotopic (exact) mass is 305 g/mol. The molecule has 21 heavy (non-hydrogen) atoms. The van der Waals surface area contributed by atoms with Crippen LogP contribution in [0.2, 0.25) is 0 Å². The third-order valence-electron chi connectivity index (χ3n) is 4.52. The summed E-state index contributed by atoms with van der Waals surface area (Å²) in [6.45, 7) is 3.98. The molecule has 0 aromatic heterocycles. The standard InChI is InChI=1S/C15H19N3O2S/c1-11-7-12(8-16)4-5-15(11)21(19,20)18-6-2-3-13-9-17-10-14(13)18/h4-5,7,13-14,17H,2-3,6,9-10H2,1H3. The molecule has 0 saturated carbocycles. The van der Waals surface area contributed by atoms with E-state index < -0.39 is 10.0 Å². The van der Waals surface area contributed by atoms with Gasteiger partial charge in [-0.15, -0.1) is 0 Å². The Morgan fingerprint density at radius 3 is 2.90 bits per heavy atom. The number of piperidine rings is 1. The quantitative estimate of drug-likeness (QED) is 0.892. The predicted octanol–water partition coefficient (Wildman–Crippen LogP) is 1.24. The number of nitriles is 1. The van der Waals surface area contributed by atoms with Crippen LogP contribution in [0.1, 0.15) is 24.0 Å². The minimum Gasteiger partial charge on any atom is -0.315 e. The van der Waals surface area contributed by atoms with E-state index in [2.05, 4.69) is 5.32 Å². The van der Waals surface area contributed by atoms with E-state index in [1.165, 1.54) is 0 Å². The number of sulfonamides is 1. The van der Waals surface area contributed by atoms with Gasteiger partial charge in [-0.1, -0.05) is 0 Å². The van der Waals surface area contributed by atoms with E-state index in [4.69, 9.17) is 5.26 Å². The third-order valence-corrected chi connectivity index (χ3v) is 6.60. The minimum absolute atomic E-state index is 0.0683.